The summed E-state index contributed by atoms with van der Waals surface area (Å²) >= 11 is 0. The molecule has 1 aromatic carbocycles. The average Bonchev–Trinajstić information content (AvgIpc) is 2.29. The summed E-state index contributed by atoms with van der Waals surface area (Å²) < 4.78 is 5.07. The maximum Gasteiger partial charge on any atom is 0.153 e. The predicted octanol–water partition coefficient (Wildman–Crippen LogP) is 2.38. The van der Waals surface area contributed by atoms with Crippen LogP contribution in [0.3, 0.4) is 0 Å². The van der Waals surface area contributed by atoms with Gasteiger partial charge in [0.05, 0.1) is 18.8 Å². The van der Waals surface area contributed by atoms with Crippen LogP contribution in [0.4, 0.5) is 0 Å². The average molecular weight is 222 g/mol. The molecule has 0 saturated carbocycles. The molecule has 0 spiro atoms. The molecule has 1 rings (SSSR count). The van der Waals surface area contributed by atoms with E-state index < -0.39 is 6.10 Å². The number of aldehydes is 1. The lowest BCUT2D eigenvalue weighted by Crippen LogP contribution is -2.14. The van der Waals surface area contributed by atoms with E-state index in [4.69, 9.17) is 4.74 Å². The number of ether oxygens (including phenoxy) is 1. The van der Waals surface area contributed by atoms with Crippen molar-refractivity contribution in [1.29, 1.82) is 0 Å². The minimum Gasteiger partial charge on any atom is -0.496 e. The van der Waals surface area contributed by atoms with Crippen molar-refractivity contribution in [2.45, 2.75) is 32.3 Å². The van der Waals surface area contributed by atoms with Crippen LogP contribution in [-0.4, -0.2) is 24.6 Å². The first-order valence-electron chi connectivity index (χ1n) is 5.45. The number of rotatable bonds is 5. The number of aliphatic hydroxyl groups excluding tert-OH is 1. The zero-order valence-electron chi connectivity index (χ0n) is 9.93. The van der Waals surface area contributed by atoms with Gasteiger partial charge in [0.15, 0.2) is 6.29 Å². The lowest BCUT2D eigenvalue weighted by molar-refractivity contribution is 0.112. The zero-order valence-corrected chi connectivity index (χ0v) is 9.93. The third-order valence-corrected chi connectivity index (χ3v) is 2.83. The van der Waals surface area contributed by atoms with E-state index in [0.29, 0.717) is 11.3 Å². The number of benzene rings is 1. The van der Waals surface area contributed by atoms with Crippen molar-refractivity contribution in [3.05, 3.63) is 29.3 Å². The van der Waals surface area contributed by atoms with Gasteiger partial charge in [0, 0.05) is 5.92 Å². The molecule has 1 aromatic rings. The molecule has 0 amide bonds. The highest BCUT2D eigenvalue weighted by atomic mass is 16.5. The molecular weight excluding hydrogens is 204 g/mol. The molecule has 0 fully saturated rings. The van der Waals surface area contributed by atoms with Crippen LogP contribution in [0.15, 0.2) is 18.2 Å². The van der Waals surface area contributed by atoms with Crippen molar-refractivity contribution in [3.63, 3.8) is 0 Å². The quantitative estimate of drug-likeness (QED) is 0.778. The van der Waals surface area contributed by atoms with Gasteiger partial charge >= 0.3 is 0 Å². The molecular formula is C13H18O3. The second-order valence-electron chi connectivity index (χ2n) is 3.87. The summed E-state index contributed by atoms with van der Waals surface area (Å²) in [6, 6.07) is 5.45. The van der Waals surface area contributed by atoms with E-state index in [0.717, 1.165) is 18.3 Å². The minimum absolute atomic E-state index is 0.0598. The second kappa shape index (κ2) is 5.66. The van der Waals surface area contributed by atoms with E-state index in [9.17, 15) is 9.90 Å². The van der Waals surface area contributed by atoms with Gasteiger partial charge in [-0.05, 0) is 31.0 Å². The Morgan fingerprint density at radius 1 is 1.50 bits per heavy atom. The van der Waals surface area contributed by atoms with Crippen molar-refractivity contribution in [3.8, 4) is 5.75 Å². The molecule has 0 bridgehead atoms. The Labute approximate surface area is 96.1 Å². The monoisotopic (exact) mass is 222 g/mol. The lowest BCUT2D eigenvalue weighted by Gasteiger charge is -2.19. The van der Waals surface area contributed by atoms with Crippen molar-refractivity contribution >= 4 is 6.29 Å². The SMILES string of the molecule is CCC(c1ccc(OC)c(C=O)c1)C(C)O. The highest BCUT2D eigenvalue weighted by molar-refractivity contribution is 5.79. The zero-order chi connectivity index (χ0) is 12.1. The Morgan fingerprint density at radius 3 is 2.62 bits per heavy atom. The van der Waals surface area contributed by atoms with Crippen LogP contribution in [0, 0.1) is 0 Å². The van der Waals surface area contributed by atoms with Crippen LogP contribution >= 0.6 is 0 Å². The molecule has 0 aliphatic carbocycles. The van der Waals surface area contributed by atoms with Crippen molar-refractivity contribution < 1.29 is 14.6 Å². The first-order chi connectivity index (χ1) is 7.63. The number of hydrogen-bond acceptors (Lipinski definition) is 3. The fraction of sp³-hybridized carbons (Fsp3) is 0.462. The van der Waals surface area contributed by atoms with E-state index in [1.807, 2.05) is 13.0 Å². The Balaban J connectivity index is 3.11. The van der Waals surface area contributed by atoms with Gasteiger partial charge in [-0.2, -0.15) is 0 Å². The molecule has 3 nitrogen and oxygen atoms in total. The number of hydrogen-bond donors (Lipinski definition) is 1. The van der Waals surface area contributed by atoms with Gasteiger partial charge in [0.1, 0.15) is 5.75 Å². The van der Waals surface area contributed by atoms with Crippen molar-refractivity contribution in [2.24, 2.45) is 0 Å². The largest absolute Gasteiger partial charge is 0.496 e. The molecule has 1 N–H and O–H groups in total. The molecule has 0 heterocycles. The highest BCUT2D eigenvalue weighted by Crippen LogP contribution is 2.27. The van der Waals surface area contributed by atoms with E-state index in [1.165, 1.54) is 7.11 Å². The number of carbonyl (C=O) groups excluding carboxylic acids is 1. The van der Waals surface area contributed by atoms with Gasteiger partial charge in [0.2, 0.25) is 0 Å². The molecule has 2 unspecified atom stereocenters. The Bertz CT molecular complexity index is 358. The molecule has 3 heteroatoms. The maximum atomic E-state index is 10.9. The summed E-state index contributed by atoms with van der Waals surface area (Å²) in [5.74, 6) is 0.629. The molecule has 0 aliphatic heterocycles. The standard InChI is InChI=1S/C13H18O3/c1-4-12(9(2)15)10-5-6-13(16-3)11(7-10)8-14/h5-9,12,15H,4H2,1-3H3. The van der Waals surface area contributed by atoms with Crippen LogP contribution in [0.25, 0.3) is 0 Å². The minimum atomic E-state index is -0.419. The molecule has 2 atom stereocenters. The third kappa shape index (κ3) is 2.61. The summed E-state index contributed by atoms with van der Waals surface area (Å²) in [4.78, 5) is 10.9. The van der Waals surface area contributed by atoms with Gasteiger partial charge in [-0.25, -0.2) is 0 Å². The predicted molar refractivity (Wildman–Crippen MR) is 63.1 cm³/mol. The second-order valence-corrected chi connectivity index (χ2v) is 3.87. The molecule has 0 aromatic heterocycles. The van der Waals surface area contributed by atoms with Gasteiger partial charge < -0.3 is 9.84 Å². The third-order valence-electron chi connectivity index (χ3n) is 2.83. The fourth-order valence-electron chi connectivity index (χ4n) is 1.93. The summed E-state index contributed by atoms with van der Waals surface area (Å²) in [6.07, 6.45) is 1.19. The Morgan fingerprint density at radius 2 is 2.19 bits per heavy atom. The molecule has 0 aliphatic rings. The van der Waals surface area contributed by atoms with E-state index in [1.54, 1.807) is 19.1 Å². The highest BCUT2D eigenvalue weighted by Gasteiger charge is 2.16. The van der Waals surface area contributed by atoms with E-state index in [-0.39, 0.29) is 5.92 Å². The maximum absolute atomic E-state index is 10.9. The first-order valence-corrected chi connectivity index (χ1v) is 5.45. The van der Waals surface area contributed by atoms with Crippen LogP contribution in [0.2, 0.25) is 0 Å². The molecule has 88 valence electrons. The van der Waals surface area contributed by atoms with Crippen LogP contribution in [-0.2, 0) is 0 Å². The smallest absolute Gasteiger partial charge is 0.153 e. The summed E-state index contributed by atoms with van der Waals surface area (Å²) in [7, 11) is 1.54. The Kier molecular flexibility index (Phi) is 4.50. The van der Waals surface area contributed by atoms with Crippen molar-refractivity contribution in [1.82, 2.24) is 0 Å². The summed E-state index contributed by atoms with van der Waals surface area (Å²) in [5.41, 5.74) is 1.50. The Hall–Kier alpha value is -1.35. The van der Waals surface area contributed by atoms with E-state index in [2.05, 4.69) is 0 Å². The van der Waals surface area contributed by atoms with Crippen LogP contribution in [0.1, 0.15) is 42.1 Å². The van der Waals surface area contributed by atoms with Crippen LogP contribution in [0.5, 0.6) is 5.75 Å². The number of carbonyl (C=O) groups is 1. The normalized spacial score (nSPS) is 14.2. The van der Waals surface area contributed by atoms with Gasteiger partial charge in [0.25, 0.3) is 0 Å². The van der Waals surface area contributed by atoms with Gasteiger partial charge in [-0.3, -0.25) is 4.79 Å². The summed E-state index contributed by atoms with van der Waals surface area (Å²) in [6.45, 7) is 3.78. The number of aliphatic hydroxyl groups is 1. The van der Waals surface area contributed by atoms with Crippen molar-refractivity contribution in [2.75, 3.05) is 7.11 Å². The topological polar surface area (TPSA) is 46.5 Å². The van der Waals surface area contributed by atoms with Crippen LogP contribution < -0.4 is 4.74 Å². The summed E-state index contributed by atoms with van der Waals surface area (Å²) in [5, 5.41) is 9.64. The molecule has 0 radical (unpaired) electrons. The molecule has 0 saturated heterocycles. The van der Waals surface area contributed by atoms with Gasteiger partial charge in [-0.1, -0.05) is 13.0 Å². The lowest BCUT2D eigenvalue weighted by atomic mass is 9.90. The fourth-order valence-corrected chi connectivity index (χ4v) is 1.93. The van der Waals surface area contributed by atoms with E-state index >= 15 is 0 Å². The first kappa shape index (κ1) is 12.7. The van der Waals surface area contributed by atoms with Gasteiger partial charge in [-0.15, -0.1) is 0 Å². The molecule has 16 heavy (non-hydrogen) atoms. The number of methoxy groups -OCH3 is 1.